The number of methoxy groups -OCH3 is 3. The second-order valence-electron chi connectivity index (χ2n) is 3.69. The summed E-state index contributed by atoms with van der Waals surface area (Å²) in [5.41, 5.74) is 6.77. The van der Waals surface area contributed by atoms with Gasteiger partial charge in [-0.05, 0) is 13.3 Å². The Labute approximate surface area is 96.3 Å². The second kappa shape index (κ2) is 5.61. The van der Waals surface area contributed by atoms with Gasteiger partial charge in [-0.2, -0.15) is 0 Å². The summed E-state index contributed by atoms with van der Waals surface area (Å²) in [5.74, 6) is 2.20. The van der Waals surface area contributed by atoms with E-state index in [1.165, 1.54) is 0 Å². The molecule has 0 aromatic heterocycles. The molecule has 0 heterocycles. The number of ether oxygens (including phenoxy) is 3. The van der Waals surface area contributed by atoms with Crippen molar-refractivity contribution in [3.8, 4) is 17.2 Å². The van der Waals surface area contributed by atoms with Crippen LogP contribution >= 0.6 is 0 Å². The molecule has 0 radical (unpaired) electrons. The van der Waals surface area contributed by atoms with E-state index in [9.17, 15) is 0 Å². The van der Waals surface area contributed by atoms with Crippen molar-refractivity contribution >= 4 is 0 Å². The van der Waals surface area contributed by atoms with Crippen LogP contribution in [0.4, 0.5) is 0 Å². The Balaban J connectivity index is 3.20. The number of hydrogen-bond acceptors (Lipinski definition) is 4. The van der Waals surface area contributed by atoms with Crippen LogP contribution in [0.2, 0.25) is 0 Å². The average molecular weight is 225 g/mol. The van der Waals surface area contributed by atoms with Crippen molar-refractivity contribution in [1.82, 2.24) is 0 Å². The molecule has 0 spiro atoms. The summed E-state index contributed by atoms with van der Waals surface area (Å²) in [6.07, 6.45) is 0.705. The molecule has 2 N–H and O–H groups in total. The predicted octanol–water partition coefficient (Wildman–Crippen LogP) is 1.60. The molecule has 1 rings (SSSR count). The molecule has 1 aromatic carbocycles. The van der Waals surface area contributed by atoms with Gasteiger partial charge in [0.2, 0.25) is 0 Å². The minimum atomic E-state index is 0.0520. The summed E-state index contributed by atoms with van der Waals surface area (Å²) in [7, 11) is 4.86. The highest BCUT2D eigenvalue weighted by atomic mass is 16.5. The topological polar surface area (TPSA) is 53.7 Å². The first-order valence-electron chi connectivity index (χ1n) is 5.16. The molecule has 0 aliphatic heterocycles. The highest BCUT2D eigenvalue weighted by Gasteiger charge is 2.14. The van der Waals surface area contributed by atoms with Crippen molar-refractivity contribution in [2.75, 3.05) is 21.3 Å². The first kappa shape index (κ1) is 12.6. The minimum Gasteiger partial charge on any atom is -0.496 e. The first-order chi connectivity index (χ1) is 7.62. The summed E-state index contributed by atoms with van der Waals surface area (Å²) in [6, 6.07) is 3.72. The van der Waals surface area contributed by atoms with E-state index < -0.39 is 0 Å². The van der Waals surface area contributed by atoms with Crippen LogP contribution in [0.5, 0.6) is 17.2 Å². The van der Waals surface area contributed by atoms with Crippen molar-refractivity contribution < 1.29 is 14.2 Å². The maximum Gasteiger partial charge on any atom is 0.129 e. The highest BCUT2D eigenvalue weighted by Crippen LogP contribution is 2.34. The number of nitrogens with two attached hydrogens (primary N) is 1. The van der Waals surface area contributed by atoms with Crippen LogP contribution < -0.4 is 19.9 Å². The molecular weight excluding hydrogens is 206 g/mol. The molecule has 1 aromatic rings. The van der Waals surface area contributed by atoms with Gasteiger partial charge >= 0.3 is 0 Å². The fraction of sp³-hybridized carbons (Fsp3) is 0.500. The van der Waals surface area contributed by atoms with Gasteiger partial charge in [0.1, 0.15) is 17.2 Å². The molecule has 4 nitrogen and oxygen atoms in total. The number of benzene rings is 1. The molecule has 0 fully saturated rings. The Bertz CT molecular complexity index is 325. The summed E-state index contributed by atoms with van der Waals surface area (Å²) < 4.78 is 15.8. The molecule has 16 heavy (non-hydrogen) atoms. The van der Waals surface area contributed by atoms with Crippen molar-refractivity contribution in [1.29, 1.82) is 0 Å². The predicted molar refractivity (Wildman–Crippen MR) is 63.5 cm³/mol. The van der Waals surface area contributed by atoms with Gasteiger partial charge in [0.25, 0.3) is 0 Å². The third kappa shape index (κ3) is 2.79. The van der Waals surface area contributed by atoms with Crippen LogP contribution in [0.1, 0.15) is 12.5 Å². The maximum atomic E-state index is 5.80. The van der Waals surface area contributed by atoms with Gasteiger partial charge in [0, 0.05) is 23.7 Å². The van der Waals surface area contributed by atoms with Gasteiger partial charge in [0.15, 0.2) is 0 Å². The van der Waals surface area contributed by atoms with Crippen LogP contribution in [0.3, 0.4) is 0 Å². The van der Waals surface area contributed by atoms with E-state index >= 15 is 0 Å². The Morgan fingerprint density at radius 2 is 1.56 bits per heavy atom. The quantitative estimate of drug-likeness (QED) is 0.827. The van der Waals surface area contributed by atoms with Crippen molar-refractivity contribution in [3.63, 3.8) is 0 Å². The monoisotopic (exact) mass is 225 g/mol. The first-order valence-corrected chi connectivity index (χ1v) is 5.16. The summed E-state index contributed by atoms with van der Waals surface area (Å²) in [4.78, 5) is 0. The fourth-order valence-electron chi connectivity index (χ4n) is 1.60. The van der Waals surface area contributed by atoms with Gasteiger partial charge in [-0.25, -0.2) is 0 Å². The van der Waals surface area contributed by atoms with Crippen molar-refractivity contribution in [2.45, 2.75) is 19.4 Å². The van der Waals surface area contributed by atoms with E-state index in [1.807, 2.05) is 19.1 Å². The maximum absolute atomic E-state index is 5.80. The molecule has 90 valence electrons. The van der Waals surface area contributed by atoms with Crippen LogP contribution in [0.15, 0.2) is 12.1 Å². The molecule has 0 saturated carbocycles. The van der Waals surface area contributed by atoms with E-state index in [0.717, 1.165) is 17.1 Å². The van der Waals surface area contributed by atoms with Crippen LogP contribution in [-0.2, 0) is 6.42 Å². The zero-order valence-corrected chi connectivity index (χ0v) is 10.2. The fourth-order valence-corrected chi connectivity index (χ4v) is 1.60. The zero-order chi connectivity index (χ0) is 12.1. The van der Waals surface area contributed by atoms with E-state index in [2.05, 4.69) is 0 Å². The second-order valence-corrected chi connectivity index (χ2v) is 3.69. The SMILES string of the molecule is COc1cc(OC)c(C[C@H](C)N)c(OC)c1. The smallest absolute Gasteiger partial charge is 0.129 e. The Kier molecular flexibility index (Phi) is 4.43. The zero-order valence-electron chi connectivity index (χ0n) is 10.2. The van der Waals surface area contributed by atoms with Crippen molar-refractivity contribution in [3.05, 3.63) is 17.7 Å². The Morgan fingerprint density at radius 1 is 1.06 bits per heavy atom. The van der Waals surface area contributed by atoms with Gasteiger partial charge in [-0.15, -0.1) is 0 Å². The third-order valence-corrected chi connectivity index (χ3v) is 2.34. The number of hydrogen-bond donors (Lipinski definition) is 1. The largest absolute Gasteiger partial charge is 0.496 e. The van der Waals surface area contributed by atoms with Gasteiger partial charge in [-0.1, -0.05) is 0 Å². The molecular formula is C12H19NO3. The molecule has 0 unspecified atom stereocenters. The van der Waals surface area contributed by atoms with E-state index in [0.29, 0.717) is 12.2 Å². The summed E-state index contributed by atoms with van der Waals surface area (Å²) in [5, 5.41) is 0. The normalized spacial score (nSPS) is 12.1. The van der Waals surface area contributed by atoms with E-state index in [1.54, 1.807) is 21.3 Å². The lowest BCUT2D eigenvalue weighted by Crippen LogP contribution is -2.18. The van der Waals surface area contributed by atoms with Crippen LogP contribution in [-0.4, -0.2) is 27.4 Å². The van der Waals surface area contributed by atoms with Gasteiger partial charge in [-0.3, -0.25) is 0 Å². The summed E-state index contributed by atoms with van der Waals surface area (Å²) in [6.45, 7) is 1.95. The van der Waals surface area contributed by atoms with E-state index in [4.69, 9.17) is 19.9 Å². The standard InChI is InChI=1S/C12H19NO3/c1-8(13)5-10-11(15-3)6-9(14-2)7-12(10)16-4/h6-8H,5,13H2,1-4H3/t8-/m0/s1. The molecule has 0 bridgehead atoms. The Morgan fingerprint density at radius 3 is 1.88 bits per heavy atom. The van der Waals surface area contributed by atoms with Gasteiger partial charge < -0.3 is 19.9 Å². The molecule has 0 aliphatic rings. The van der Waals surface area contributed by atoms with E-state index in [-0.39, 0.29) is 6.04 Å². The summed E-state index contributed by atoms with van der Waals surface area (Å²) >= 11 is 0. The highest BCUT2D eigenvalue weighted by molar-refractivity contribution is 5.51. The lowest BCUT2D eigenvalue weighted by atomic mass is 10.0. The van der Waals surface area contributed by atoms with Gasteiger partial charge in [0.05, 0.1) is 21.3 Å². The van der Waals surface area contributed by atoms with Crippen molar-refractivity contribution in [2.24, 2.45) is 5.73 Å². The molecule has 4 heteroatoms. The molecule has 0 aliphatic carbocycles. The Hall–Kier alpha value is -1.42. The average Bonchev–Trinajstić information content (AvgIpc) is 2.28. The van der Waals surface area contributed by atoms with Crippen LogP contribution in [0, 0.1) is 0 Å². The lowest BCUT2D eigenvalue weighted by molar-refractivity contribution is 0.367. The number of rotatable bonds is 5. The minimum absolute atomic E-state index is 0.0520. The lowest BCUT2D eigenvalue weighted by Gasteiger charge is -2.16. The molecule has 0 saturated heterocycles. The van der Waals surface area contributed by atoms with Crippen LogP contribution in [0.25, 0.3) is 0 Å². The third-order valence-electron chi connectivity index (χ3n) is 2.34. The molecule has 1 atom stereocenters. The molecule has 0 amide bonds.